The summed E-state index contributed by atoms with van der Waals surface area (Å²) in [5.41, 5.74) is 0. The first-order chi connectivity index (χ1) is 6.68. The monoisotopic (exact) mass is 199 g/mol. The largest absolute Gasteiger partial charge is 0.412 e. The molecule has 0 spiro atoms. The van der Waals surface area contributed by atoms with Crippen LogP contribution in [0, 0.1) is 5.92 Å². The second-order valence-corrected chi connectivity index (χ2v) is 3.58. The Labute approximate surface area is 83.9 Å². The van der Waals surface area contributed by atoms with Gasteiger partial charge in [-0.25, -0.2) is 4.79 Å². The molecule has 0 saturated heterocycles. The van der Waals surface area contributed by atoms with Crippen molar-refractivity contribution in [2.45, 2.75) is 13.8 Å². The lowest BCUT2D eigenvalue weighted by Crippen LogP contribution is -2.36. The number of carbonyl (C=O) groups is 1. The highest BCUT2D eigenvalue weighted by Crippen LogP contribution is 1.97. The molecule has 5 nitrogen and oxygen atoms in total. The van der Waals surface area contributed by atoms with Gasteiger partial charge in [-0.05, 0) is 5.92 Å². The maximum absolute atomic E-state index is 11.2. The molecule has 5 heteroatoms. The van der Waals surface area contributed by atoms with Crippen molar-refractivity contribution in [3.63, 3.8) is 0 Å². The number of alkyl carbamates (subject to hydrolysis) is 1. The maximum Gasteiger partial charge on any atom is 0.412 e. The highest BCUT2D eigenvalue weighted by Gasteiger charge is 2.08. The van der Waals surface area contributed by atoms with Crippen LogP contribution in [0.2, 0.25) is 0 Å². The first-order valence-electron chi connectivity index (χ1n) is 4.77. The van der Waals surface area contributed by atoms with Gasteiger partial charge in [0.05, 0.1) is 13.2 Å². The SMILES string of the molecule is CC(C)CNC(=O)OC1=CNCNC1. The second kappa shape index (κ2) is 5.49. The quantitative estimate of drug-likeness (QED) is 0.614. The summed E-state index contributed by atoms with van der Waals surface area (Å²) in [5, 5.41) is 8.62. The summed E-state index contributed by atoms with van der Waals surface area (Å²) < 4.78 is 5.03. The lowest BCUT2D eigenvalue weighted by Gasteiger charge is -2.16. The maximum atomic E-state index is 11.2. The minimum atomic E-state index is -0.393. The molecule has 1 rings (SSSR count). The number of nitrogens with one attached hydrogen (secondary N) is 3. The fourth-order valence-electron chi connectivity index (χ4n) is 0.982. The van der Waals surface area contributed by atoms with Gasteiger partial charge in [-0.3, -0.25) is 5.32 Å². The molecular formula is C9H17N3O2. The van der Waals surface area contributed by atoms with E-state index in [0.717, 1.165) is 0 Å². The molecule has 1 heterocycles. The fourth-order valence-corrected chi connectivity index (χ4v) is 0.982. The van der Waals surface area contributed by atoms with Crippen molar-refractivity contribution >= 4 is 6.09 Å². The summed E-state index contributed by atoms with van der Waals surface area (Å²) in [6.07, 6.45) is 1.31. The molecule has 0 radical (unpaired) electrons. The molecule has 80 valence electrons. The summed E-state index contributed by atoms with van der Waals surface area (Å²) >= 11 is 0. The van der Waals surface area contributed by atoms with Crippen LogP contribution in [-0.4, -0.2) is 25.9 Å². The van der Waals surface area contributed by atoms with Crippen LogP contribution in [0.1, 0.15) is 13.8 Å². The number of hydrogen-bond donors (Lipinski definition) is 3. The van der Waals surface area contributed by atoms with E-state index in [4.69, 9.17) is 4.74 Å². The average molecular weight is 199 g/mol. The molecule has 1 amide bonds. The molecule has 0 saturated carbocycles. The minimum absolute atomic E-state index is 0.393. The number of amides is 1. The van der Waals surface area contributed by atoms with Crippen LogP contribution in [-0.2, 0) is 4.74 Å². The van der Waals surface area contributed by atoms with Crippen LogP contribution < -0.4 is 16.0 Å². The van der Waals surface area contributed by atoms with E-state index in [1.807, 2.05) is 13.8 Å². The van der Waals surface area contributed by atoms with Crippen molar-refractivity contribution in [2.75, 3.05) is 19.8 Å². The third-order valence-corrected chi connectivity index (χ3v) is 1.67. The van der Waals surface area contributed by atoms with Gasteiger partial charge in [0.2, 0.25) is 0 Å². The molecule has 0 unspecified atom stereocenters. The molecule has 0 aromatic heterocycles. The average Bonchev–Trinajstić information content (AvgIpc) is 2.16. The van der Waals surface area contributed by atoms with E-state index < -0.39 is 6.09 Å². The number of carbonyl (C=O) groups excluding carboxylic acids is 1. The zero-order valence-corrected chi connectivity index (χ0v) is 8.59. The van der Waals surface area contributed by atoms with Crippen molar-refractivity contribution in [2.24, 2.45) is 5.92 Å². The first kappa shape index (κ1) is 10.8. The Bertz CT molecular complexity index is 226. The number of ether oxygens (including phenoxy) is 1. The molecule has 0 bridgehead atoms. The van der Waals surface area contributed by atoms with E-state index in [9.17, 15) is 4.79 Å². The van der Waals surface area contributed by atoms with Crippen molar-refractivity contribution in [1.29, 1.82) is 0 Å². The van der Waals surface area contributed by atoms with Crippen LogP contribution >= 0.6 is 0 Å². The zero-order chi connectivity index (χ0) is 10.4. The van der Waals surface area contributed by atoms with Crippen molar-refractivity contribution in [3.05, 3.63) is 12.0 Å². The molecule has 0 fully saturated rings. The third-order valence-electron chi connectivity index (χ3n) is 1.67. The number of rotatable bonds is 3. The Kier molecular flexibility index (Phi) is 4.25. The molecule has 14 heavy (non-hydrogen) atoms. The predicted molar refractivity (Wildman–Crippen MR) is 53.4 cm³/mol. The summed E-state index contributed by atoms with van der Waals surface area (Å²) in [6, 6.07) is 0. The zero-order valence-electron chi connectivity index (χ0n) is 8.59. The van der Waals surface area contributed by atoms with Crippen molar-refractivity contribution in [1.82, 2.24) is 16.0 Å². The normalized spacial score (nSPS) is 15.8. The van der Waals surface area contributed by atoms with Crippen LogP contribution in [0.25, 0.3) is 0 Å². The molecule has 0 aromatic rings. The molecule has 0 aromatic carbocycles. The predicted octanol–water partition coefficient (Wildman–Crippen LogP) is 0.360. The first-order valence-corrected chi connectivity index (χ1v) is 4.77. The molecule has 3 N–H and O–H groups in total. The fraction of sp³-hybridized carbons (Fsp3) is 0.667. The smallest absolute Gasteiger partial charge is 0.412 e. The minimum Gasteiger partial charge on any atom is -0.412 e. The van der Waals surface area contributed by atoms with Crippen LogP contribution in [0.3, 0.4) is 0 Å². The highest BCUT2D eigenvalue weighted by atomic mass is 16.6. The molecule has 1 aliphatic rings. The van der Waals surface area contributed by atoms with Crippen molar-refractivity contribution < 1.29 is 9.53 Å². The van der Waals surface area contributed by atoms with Gasteiger partial charge >= 0.3 is 6.09 Å². The van der Waals surface area contributed by atoms with Crippen molar-refractivity contribution in [3.8, 4) is 0 Å². The van der Waals surface area contributed by atoms with Gasteiger partial charge in [0.15, 0.2) is 0 Å². The second-order valence-electron chi connectivity index (χ2n) is 3.58. The molecule has 1 aliphatic heterocycles. The number of hydrogen-bond acceptors (Lipinski definition) is 4. The van der Waals surface area contributed by atoms with Gasteiger partial charge in [0, 0.05) is 12.7 Å². The van der Waals surface area contributed by atoms with Gasteiger partial charge in [0.25, 0.3) is 0 Å². The molecule has 0 aliphatic carbocycles. The van der Waals surface area contributed by atoms with E-state index in [-0.39, 0.29) is 0 Å². The summed E-state index contributed by atoms with van der Waals surface area (Å²) in [4.78, 5) is 11.2. The topological polar surface area (TPSA) is 62.4 Å². The standard InChI is InChI=1S/C9H17N3O2/c1-7(2)3-12-9(13)14-8-4-10-6-11-5-8/h4,7,10-11H,3,5-6H2,1-2H3,(H,12,13). The van der Waals surface area contributed by atoms with E-state index in [1.54, 1.807) is 6.20 Å². The Balaban J connectivity index is 2.22. The Morgan fingerprint density at radius 1 is 1.71 bits per heavy atom. The third kappa shape index (κ3) is 4.13. The van der Waals surface area contributed by atoms with Gasteiger partial charge in [-0.15, -0.1) is 0 Å². The summed E-state index contributed by atoms with van der Waals surface area (Å²) in [6.45, 7) is 5.99. The molecular weight excluding hydrogens is 182 g/mol. The van der Waals surface area contributed by atoms with E-state index in [0.29, 0.717) is 31.4 Å². The Morgan fingerprint density at radius 2 is 2.50 bits per heavy atom. The van der Waals surface area contributed by atoms with Crippen LogP contribution in [0.15, 0.2) is 12.0 Å². The van der Waals surface area contributed by atoms with Gasteiger partial charge < -0.3 is 15.4 Å². The van der Waals surface area contributed by atoms with E-state index >= 15 is 0 Å². The Morgan fingerprint density at radius 3 is 3.07 bits per heavy atom. The van der Waals surface area contributed by atoms with Crippen LogP contribution in [0.5, 0.6) is 0 Å². The summed E-state index contributed by atoms with van der Waals surface area (Å²) in [7, 11) is 0. The Hall–Kier alpha value is -1.23. The molecule has 0 atom stereocenters. The van der Waals surface area contributed by atoms with Gasteiger partial charge in [-0.1, -0.05) is 13.8 Å². The van der Waals surface area contributed by atoms with Gasteiger partial charge in [0.1, 0.15) is 5.76 Å². The van der Waals surface area contributed by atoms with E-state index in [1.165, 1.54) is 0 Å². The summed E-state index contributed by atoms with van der Waals surface area (Å²) in [5.74, 6) is 1.04. The lowest BCUT2D eigenvalue weighted by molar-refractivity contribution is 0.170. The lowest BCUT2D eigenvalue weighted by atomic mass is 10.2. The highest BCUT2D eigenvalue weighted by molar-refractivity contribution is 5.68. The van der Waals surface area contributed by atoms with E-state index in [2.05, 4.69) is 16.0 Å². The van der Waals surface area contributed by atoms with Gasteiger partial charge in [-0.2, -0.15) is 0 Å². The van der Waals surface area contributed by atoms with Crippen LogP contribution in [0.4, 0.5) is 4.79 Å².